The summed E-state index contributed by atoms with van der Waals surface area (Å²) in [6.45, 7) is 0.392. The minimum Gasteiger partial charge on any atom is -0.484 e. The fourth-order valence-electron chi connectivity index (χ4n) is 2.76. The number of amides is 1. The van der Waals surface area contributed by atoms with Gasteiger partial charge in [-0.3, -0.25) is 4.79 Å². The molecule has 1 N–H and O–H groups in total. The van der Waals surface area contributed by atoms with Crippen LogP contribution in [0.25, 0.3) is 22.8 Å². The van der Waals surface area contributed by atoms with Gasteiger partial charge in [0.15, 0.2) is 6.61 Å². The average Bonchev–Trinajstić information content (AvgIpc) is 3.28. The van der Waals surface area contributed by atoms with Gasteiger partial charge in [0.25, 0.3) is 11.8 Å². The molecule has 1 amide bonds. The molecule has 6 heteroatoms. The van der Waals surface area contributed by atoms with Crippen LogP contribution in [0.4, 0.5) is 0 Å². The monoisotopic (exact) mass is 385 g/mol. The topological polar surface area (TPSA) is 77.2 Å². The lowest BCUT2D eigenvalue weighted by Crippen LogP contribution is -2.28. The van der Waals surface area contributed by atoms with E-state index < -0.39 is 0 Å². The van der Waals surface area contributed by atoms with Gasteiger partial charge < -0.3 is 14.6 Å². The number of ether oxygens (including phenoxy) is 1. The number of hydrogen-bond donors (Lipinski definition) is 1. The van der Waals surface area contributed by atoms with Gasteiger partial charge in [-0.05, 0) is 23.8 Å². The standard InChI is InChI=1S/C23H19N3O3/c27-21(24-15-17-8-3-1-4-9-17)16-28-20-13-7-12-19(14-20)23-25-22(26-29-23)18-10-5-2-6-11-18/h1-14H,15-16H2,(H,24,27). The number of aromatic nitrogens is 2. The summed E-state index contributed by atoms with van der Waals surface area (Å²) < 4.78 is 11.0. The van der Waals surface area contributed by atoms with E-state index in [0.29, 0.717) is 24.0 Å². The smallest absolute Gasteiger partial charge is 0.258 e. The molecule has 1 aromatic heterocycles. The molecule has 0 aliphatic carbocycles. The van der Waals surface area contributed by atoms with Crippen LogP contribution in [0.5, 0.6) is 5.75 Å². The van der Waals surface area contributed by atoms with E-state index in [9.17, 15) is 4.79 Å². The summed E-state index contributed by atoms with van der Waals surface area (Å²) in [5.41, 5.74) is 2.64. The van der Waals surface area contributed by atoms with Crippen LogP contribution in [0.1, 0.15) is 5.56 Å². The number of carbonyl (C=O) groups excluding carboxylic acids is 1. The molecule has 29 heavy (non-hydrogen) atoms. The maximum Gasteiger partial charge on any atom is 0.258 e. The third-order valence-corrected chi connectivity index (χ3v) is 4.24. The Morgan fingerprint density at radius 3 is 2.41 bits per heavy atom. The van der Waals surface area contributed by atoms with Crippen molar-refractivity contribution in [3.8, 4) is 28.6 Å². The van der Waals surface area contributed by atoms with Crippen molar-refractivity contribution >= 4 is 5.91 Å². The van der Waals surface area contributed by atoms with Gasteiger partial charge in [-0.25, -0.2) is 0 Å². The quantitative estimate of drug-likeness (QED) is 0.518. The second-order valence-electron chi connectivity index (χ2n) is 6.37. The number of carbonyl (C=O) groups is 1. The van der Waals surface area contributed by atoms with E-state index in [0.717, 1.165) is 16.7 Å². The summed E-state index contributed by atoms with van der Waals surface area (Å²) in [7, 11) is 0. The van der Waals surface area contributed by atoms with Crippen molar-refractivity contribution in [2.75, 3.05) is 6.61 Å². The number of rotatable bonds is 7. The normalized spacial score (nSPS) is 10.5. The maximum absolute atomic E-state index is 12.0. The van der Waals surface area contributed by atoms with E-state index in [2.05, 4.69) is 15.5 Å². The number of benzene rings is 3. The zero-order chi connectivity index (χ0) is 19.9. The average molecular weight is 385 g/mol. The SMILES string of the molecule is O=C(COc1cccc(-c2nc(-c3ccccc3)no2)c1)NCc1ccccc1. The first-order valence-corrected chi connectivity index (χ1v) is 9.21. The fraction of sp³-hybridized carbons (Fsp3) is 0.0870. The van der Waals surface area contributed by atoms with E-state index in [1.807, 2.05) is 72.8 Å². The highest BCUT2D eigenvalue weighted by atomic mass is 16.5. The number of nitrogens with one attached hydrogen (secondary N) is 1. The van der Waals surface area contributed by atoms with E-state index in [-0.39, 0.29) is 12.5 Å². The van der Waals surface area contributed by atoms with E-state index >= 15 is 0 Å². The predicted octanol–water partition coefficient (Wildman–Crippen LogP) is 4.10. The minimum atomic E-state index is -0.191. The van der Waals surface area contributed by atoms with Crippen LogP contribution >= 0.6 is 0 Å². The van der Waals surface area contributed by atoms with E-state index in [1.165, 1.54) is 0 Å². The van der Waals surface area contributed by atoms with Gasteiger partial charge in [-0.1, -0.05) is 71.9 Å². The molecule has 1 heterocycles. The first-order valence-electron chi connectivity index (χ1n) is 9.21. The van der Waals surface area contributed by atoms with Crippen molar-refractivity contribution < 1.29 is 14.1 Å². The molecule has 0 radical (unpaired) electrons. The number of hydrogen-bond acceptors (Lipinski definition) is 5. The van der Waals surface area contributed by atoms with Crippen LogP contribution < -0.4 is 10.1 Å². The maximum atomic E-state index is 12.0. The molecule has 0 bridgehead atoms. The zero-order valence-electron chi connectivity index (χ0n) is 15.6. The Labute approximate surface area is 168 Å². The summed E-state index contributed by atoms with van der Waals surface area (Å²) in [6, 6.07) is 26.6. The van der Waals surface area contributed by atoms with Gasteiger partial charge in [0.1, 0.15) is 5.75 Å². The molecule has 6 nitrogen and oxygen atoms in total. The molecular formula is C23H19N3O3. The van der Waals surface area contributed by atoms with Crippen LogP contribution in [0.2, 0.25) is 0 Å². The van der Waals surface area contributed by atoms with Gasteiger partial charge in [-0.15, -0.1) is 0 Å². The third-order valence-electron chi connectivity index (χ3n) is 4.24. The molecule has 3 aromatic carbocycles. The van der Waals surface area contributed by atoms with Crippen LogP contribution in [0.3, 0.4) is 0 Å². The van der Waals surface area contributed by atoms with Crippen molar-refractivity contribution in [2.24, 2.45) is 0 Å². The summed E-state index contributed by atoms with van der Waals surface area (Å²) in [5.74, 6) is 1.27. The lowest BCUT2D eigenvalue weighted by atomic mass is 10.2. The van der Waals surface area contributed by atoms with Crippen LogP contribution in [-0.4, -0.2) is 22.7 Å². The van der Waals surface area contributed by atoms with Crippen LogP contribution in [-0.2, 0) is 11.3 Å². The molecule has 0 atom stereocenters. The van der Waals surface area contributed by atoms with Gasteiger partial charge in [0.2, 0.25) is 5.82 Å². The van der Waals surface area contributed by atoms with E-state index in [1.54, 1.807) is 12.1 Å². The van der Waals surface area contributed by atoms with Crippen molar-refractivity contribution in [2.45, 2.75) is 6.54 Å². The molecule has 144 valence electrons. The first kappa shape index (κ1) is 18.4. The first-order chi connectivity index (χ1) is 14.3. The van der Waals surface area contributed by atoms with Crippen molar-refractivity contribution in [3.05, 3.63) is 90.5 Å². The zero-order valence-corrected chi connectivity index (χ0v) is 15.6. The highest BCUT2D eigenvalue weighted by Gasteiger charge is 2.11. The highest BCUT2D eigenvalue weighted by molar-refractivity contribution is 5.77. The molecule has 0 aliphatic rings. The molecule has 0 saturated heterocycles. The second kappa shape index (κ2) is 8.84. The summed E-state index contributed by atoms with van der Waals surface area (Å²) >= 11 is 0. The molecule has 0 unspecified atom stereocenters. The molecule has 4 aromatic rings. The molecule has 0 saturated carbocycles. The van der Waals surface area contributed by atoms with Crippen molar-refractivity contribution in [3.63, 3.8) is 0 Å². The van der Waals surface area contributed by atoms with E-state index in [4.69, 9.17) is 9.26 Å². The Morgan fingerprint density at radius 2 is 1.62 bits per heavy atom. The molecular weight excluding hydrogens is 366 g/mol. The third kappa shape index (κ3) is 4.87. The largest absolute Gasteiger partial charge is 0.484 e. The fourth-order valence-corrected chi connectivity index (χ4v) is 2.76. The summed E-state index contributed by atoms with van der Waals surface area (Å²) in [6.07, 6.45) is 0. The Bertz CT molecular complexity index is 1080. The second-order valence-corrected chi connectivity index (χ2v) is 6.37. The number of nitrogens with zero attached hydrogens (tertiary/aromatic N) is 2. The van der Waals surface area contributed by atoms with Crippen LogP contribution in [0.15, 0.2) is 89.5 Å². The summed E-state index contributed by atoms with van der Waals surface area (Å²) in [5, 5.41) is 6.86. The Morgan fingerprint density at radius 1 is 0.897 bits per heavy atom. The molecule has 0 fully saturated rings. The van der Waals surface area contributed by atoms with Gasteiger partial charge in [-0.2, -0.15) is 4.98 Å². The van der Waals surface area contributed by atoms with Crippen LogP contribution in [0, 0.1) is 0 Å². The van der Waals surface area contributed by atoms with Gasteiger partial charge in [0, 0.05) is 17.7 Å². The Kier molecular flexibility index (Phi) is 5.62. The lowest BCUT2D eigenvalue weighted by Gasteiger charge is -2.08. The Balaban J connectivity index is 1.36. The molecule has 4 rings (SSSR count). The van der Waals surface area contributed by atoms with Gasteiger partial charge >= 0.3 is 0 Å². The van der Waals surface area contributed by atoms with Crippen molar-refractivity contribution in [1.82, 2.24) is 15.5 Å². The Hall–Kier alpha value is -3.93. The predicted molar refractivity (Wildman–Crippen MR) is 109 cm³/mol. The molecule has 0 aliphatic heterocycles. The highest BCUT2D eigenvalue weighted by Crippen LogP contribution is 2.25. The molecule has 0 spiro atoms. The van der Waals surface area contributed by atoms with Crippen molar-refractivity contribution in [1.29, 1.82) is 0 Å². The lowest BCUT2D eigenvalue weighted by molar-refractivity contribution is -0.123. The minimum absolute atomic E-state index is 0.0740. The van der Waals surface area contributed by atoms with Gasteiger partial charge in [0.05, 0.1) is 0 Å². The summed E-state index contributed by atoms with van der Waals surface area (Å²) in [4.78, 5) is 16.5.